The van der Waals surface area contributed by atoms with E-state index in [2.05, 4.69) is 0 Å². The molecule has 3 saturated heterocycles. The number of epoxide rings is 1. The van der Waals surface area contributed by atoms with Crippen molar-refractivity contribution in [2.24, 2.45) is 11.8 Å². The number of carbonyl (C=O) groups is 1. The molecule has 0 spiro atoms. The van der Waals surface area contributed by atoms with Gasteiger partial charge >= 0.3 is 5.97 Å². The molecule has 4 heterocycles. The fourth-order valence-corrected chi connectivity index (χ4v) is 6.60. The molecule has 1 saturated carbocycles. The Morgan fingerprint density at radius 3 is 2.36 bits per heavy atom. The number of rotatable bonds is 9. The molecule has 0 amide bonds. The van der Waals surface area contributed by atoms with Gasteiger partial charge in [-0.3, -0.25) is 0 Å². The monoisotopic (exact) mass is 638 g/mol. The minimum Gasteiger partial charge on any atom is -0.472 e. The second-order valence-corrected chi connectivity index (χ2v) is 11.9. The van der Waals surface area contributed by atoms with Crippen molar-refractivity contribution in [1.29, 1.82) is 0 Å². The van der Waals surface area contributed by atoms with E-state index in [1.165, 1.54) is 25.3 Å². The van der Waals surface area contributed by atoms with Crippen molar-refractivity contribution in [3.8, 4) is 0 Å². The Morgan fingerprint density at radius 2 is 1.64 bits per heavy atom. The zero-order valence-electron chi connectivity index (χ0n) is 24.2. The lowest BCUT2D eigenvalue weighted by atomic mass is 9.85. The van der Waals surface area contributed by atoms with E-state index in [9.17, 15) is 40.5 Å². The molecule has 0 unspecified atom stereocenters. The zero-order chi connectivity index (χ0) is 32.0. The van der Waals surface area contributed by atoms with Crippen LogP contribution in [0.15, 0.2) is 48.7 Å². The first-order valence-corrected chi connectivity index (χ1v) is 14.8. The van der Waals surface area contributed by atoms with Gasteiger partial charge in [0.15, 0.2) is 18.7 Å². The quantitative estimate of drug-likeness (QED) is 0.0845. The smallest absolute Gasteiger partial charge is 0.331 e. The summed E-state index contributed by atoms with van der Waals surface area (Å²) in [5, 5.41) is 72.2. The molecule has 45 heavy (non-hydrogen) atoms. The van der Waals surface area contributed by atoms with Crippen LogP contribution in [0.5, 0.6) is 0 Å². The minimum absolute atomic E-state index is 0.476. The third kappa shape index (κ3) is 5.93. The van der Waals surface area contributed by atoms with Gasteiger partial charge in [-0.2, -0.15) is 0 Å². The highest BCUT2D eigenvalue weighted by atomic mass is 16.8. The summed E-state index contributed by atoms with van der Waals surface area (Å²) in [4.78, 5) is 12.7. The number of esters is 1. The topological polar surface area (TPSA) is 227 Å². The summed E-state index contributed by atoms with van der Waals surface area (Å²) >= 11 is 0. The molecule has 15 nitrogen and oxygen atoms in total. The first kappa shape index (κ1) is 32.4. The van der Waals surface area contributed by atoms with Gasteiger partial charge in [0.05, 0.1) is 37.6 Å². The van der Waals surface area contributed by atoms with Crippen LogP contribution in [0.2, 0.25) is 0 Å². The highest BCUT2D eigenvalue weighted by Crippen LogP contribution is 2.61. The normalized spacial score (nSPS) is 47.2. The number of ether oxygens (including phenoxy) is 7. The molecule has 0 bridgehead atoms. The van der Waals surface area contributed by atoms with E-state index < -0.39 is 117 Å². The van der Waals surface area contributed by atoms with Crippen LogP contribution in [0.25, 0.3) is 6.08 Å². The molecule has 1 aromatic rings. The summed E-state index contributed by atoms with van der Waals surface area (Å²) in [6, 6.07) is 9.01. The van der Waals surface area contributed by atoms with Crippen molar-refractivity contribution in [1.82, 2.24) is 0 Å². The van der Waals surface area contributed by atoms with Crippen molar-refractivity contribution < 1.29 is 73.7 Å². The summed E-state index contributed by atoms with van der Waals surface area (Å²) in [5.74, 6) is -2.12. The van der Waals surface area contributed by atoms with Crippen molar-refractivity contribution in [3.05, 3.63) is 54.3 Å². The maximum Gasteiger partial charge on any atom is 0.331 e. The minimum atomic E-state index is -1.69. The molecular formula is C30H38O15. The average molecular weight is 639 g/mol. The third-order valence-electron chi connectivity index (χ3n) is 9.14. The van der Waals surface area contributed by atoms with Crippen LogP contribution in [-0.2, 0) is 38.0 Å². The molecule has 248 valence electrons. The van der Waals surface area contributed by atoms with E-state index in [4.69, 9.17) is 33.2 Å². The largest absolute Gasteiger partial charge is 0.472 e. The van der Waals surface area contributed by atoms with Crippen LogP contribution in [0.4, 0.5) is 0 Å². The molecule has 0 aromatic heterocycles. The standard InChI is InChI=1S/C30H38O15/c1-13-19(34)22(37)25(42-17(33)8-7-14-5-3-2-4-6-14)29(40-13)43-24-15-9-10-39-27(18(15)30(12-32)26(24)45-30)44-28-23(38)21(36)20(35)16(11-31)41-28/h2-10,13,15-16,18-29,31-32,34-38H,11-12H2,1H3/b8-7+/t13-,15+,16+,18+,19-,20+,21-,22+,23+,24-,25+,26-,27-,28-,29-,30+/m0/s1. The lowest BCUT2D eigenvalue weighted by Gasteiger charge is -2.44. The van der Waals surface area contributed by atoms with Crippen molar-refractivity contribution in [3.63, 3.8) is 0 Å². The maximum atomic E-state index is 12.7. The van der Waals surface area contributed by atoms with Crippen molar-refractivity contribution >= 4 is 12.0 Å². The molecule has 16 atom stereocenters. The van der Waals surface area contributed by atoms with E-state index >= 15 is 0 Å². The van der Waals surface area contributed by atoms with Gasteiger partial charge in [0.25, 0.3) is 0 Å². The number of hydrogen-bond acceptors (Lipinski definition) is 15. The summed E-state index contributed by atoms with van der Waals surface area (Å²) in [6.45, 7) is 0.397. The lowest BCUT2D eigenvalue weighted by Crippen LogP contribution is -2.61. The van der Waals surface area contributed by atoms with Crippen LogP contribution >= 0.6 is 0 Å². The number of benzene rings is 1. The molecule has 4 aliphatic heterocycles. The van der Waals surface area contributed by atoms with Crippen LogP contribution in [-0.4, -0.2) is 140 Å². The molecular weight excluding hydrogens is 600 g/mol. The van der Waals surface area contributed by atoms with E-state index in [0.717, 1.165) is 5.56 Å². The number of aliphatic hydroxyl groups is 7. The van der Waals surface area contributed by atoms with Crippen molar-refractivity contribution in [2.75, 3.05) is 13.2 Å². The molecule has 0 radical (unpaired) electrons. The molecule has 7 N–H and O–H groups in total. The SMILES string of the molecule is C[C@@H]1O[C@@H](O[C@H]2[C@@H]3C=CO[C@@H](O[C@@H]4O[C@H](CO)[C@@H](O)[C@H](O)[C@H]4O)[C@@H]3[C@@]3(CO)O[C@@H]23)[C@H](OC(=O)/C=C/c2ccccc2)[C@H](O)[C@H]1O. The van der Waals surface area contributed by atoms with Gasteiger partial charge in [0.1, 0.15) is 48.3 Å². The zero-order valence-corrected chi connectivity index (χ0v) is 24.2. The molecule has 5 aliphatic rings. The summed E-state index contributed by atoms with van der Waals surface area (Å²) in [7, 11) is 0. The molecule has 15 heteroatoms. The van der Waals surface area contributed by atoms with Gasteiger partial charge in [0, 0.05) is 12.0 Å². The van der Waals surface area contributed by atoms with Gasteiger partial charge in [-0.1, -0.05) is 30.3 Å². The van der Waals surface area contributed by atoms with Crippen molar-refractivity contribution in [2.45, 2.75) is 92.4 Å². The Hall–Kier alpha value is -2.51. The predicted molar refractivity (Wildman–Crippen MR) is 147 cm³/mol. The van der Waals surface area contributed by atoms with E-state index in [0.29, 0.717) is 0 Å². The fraction of sp³-hybridized carbons (Fsp3) is 0.633. The van der Waals surface area contributed by atoms with E-state index in [1.807, 2.05) is 6.07 Å². The third-order valence-corrected chi connectivity index (χ3v) is 9.14. The Labute approximate surface area is 257 Å². The number of aliphatic hydroxyl groups excluding tert-OH is 7. The molecule has 1 aliphatic carbocycles. The first-order valence-electron chi connectivity index (χ1n) is 14.8. The first-order chi connectivity index (χ1) is 21.6. The van der Waals surface area contributed by atoms with Crippen LogP contribution in [0.1, 0.15) is 12.5 Å². The summed E-state index contributed by atoms with van der Waals surface area (Å²) < 4.78 is 40.7. The molecule has 4 fully saturated rings. The lowest BCUT2D eigenvalue weighted by molar-refractivity contribution is -0.347. The number of carbonyl (C=O) groups excluding carboxylic acids is 1. The number of hydrogen-bond donors (Lipinski definition) is 7. The van der Waals surface area contributed by atoms with E-state index in [1.54, 1.807) is 30.3 Å². The van der Waals surface area contributed by atoms with Gasteiger partial charge in [-0.25, -0.2) is 4.79 Å². The van der Waals surface area contributed by atoms with Gasteiger partial charge in [0.2, 0.25) is 6.29 Å². The number of fused-ring (bicyclic) bond motifs is 3. The van der Waals surface area contributed by atoms with Gasteiger partial charge < -0.3 is 68.9 Å². The average Bonchev–Trinajstić information content (AvgIpc) is 3.72. The fourth-order valence-electron chi connectivity index (χ4n) is 6.60. The summed E-state index contributed by atoms with van der Waals surface area (Å²) in [5.41, 5.74) is -0.478. The second-order valence-electron chi connectivity index (χ2n) is 11.9. The Bertz CT molecular complexity index is 1240. The van der Waals surface area contributed by atoms with Gasteiger partial charge in [-0.05, 0) is 24.6 Å². The predicted octanol–water partition coefficient (Wildman–Crippen LogP) is -2.47. The molecule has 6 rings (SSSR count). The van der Waals surface area contributed by atoms with E-state index in [-0.39, 0.29) is 0 Å². The van der Waals surface area contributed by atoms with Crippen LogP contribution < -0.4 is 0 Å². The maximum absolute atomic E-state index is 12.7. The second kappa shape index (κ2) is 12.9. The van der Waals surface area contributed by atoms with Crippen LogP contribution in [0, 0.1) is 11.8 Å². The Kier molecular flexibility index (Phi) is 9.33. The van der Waals surface area contributed by atoms with Crippen LogP contribution in [0.3, 0.4) is 0 Å². The highest BCUT2D eigenvalue weighted by Gasteiger charge is 2.77. The summed E-state index contributed by atoms with van der Waals surface area (Å²) in [6.07, 6.45) is -11.4. The Balaban J connectivity index is 1.19. The molecule has 1 aromatic carbocycles. The van der Waals surface area contributed by atoms with Gasteiger partial charge in [-0.15, -0.1) is 0 Å². The highest BCUT2D eigenvalue weighted by molar-refractivity contribution is 5.87. The Morgan fingerprint density at radius 1 is 0.889 bits per heavy atom.